The number of aromatic nitrogens is 2. The third kappa shape index (κ3) is 8.32. The van der Waals surface area contributed by atoms with Gasteiger partial charge < -0.3 is 9.47 Å². The Bertz CT molecular complexity index is 784. The molecule has 186 valence electrons. The van der Waals surface area contributed by atoms with Crippen LogP contribution in [-0.4, -0.2) is 54.0 Å². The third-order valence-corrected chi connectivity index (χ3v) is 6.91. The van der Waals surface area contributed by atoms with Gasteiger partial charge in [0, 0.05) is 48.4 Å². The molecule has 0 radical (unpaired) electrons. The lowest BCUT2D eigenvalue weighted by molar-refractivity contribution is 0.0768. The molecular weight excluding hydrogens is 432 g/mol. The predicted molar refractivity (Wildman–Crippen MR) is 141 cm³/mol. The van der Waals surface area contributed by atoms with Gasteiger partial charge in [0.25, 0.3) is 0 Å². The van der Waals surface area contributed by atoms with Gasteiger partial charge in [0.2, 0.25) is 0 Å². The lowest BCUT2D eigenvalue weighted by Gasteiger charge is -2.31. The third-order valence-electron chi connectivity index (χ3n) is 5.84. The first-order valence-corrected chi connectivity index (χ1v) is 13.4. The normalized spacial score (nSPS) is 20.8. The van der Waals surface area contributed by atoms with Gasteiger partial charge in [-0.25, -0.2) is 9.03 Å². The number of aromatic amines is 1. The lowest BCUT2D eigenvalue weighted by atomic mass is 9.83. The fourth-order valence-electron chi connectivity index (χ4n) is 4.15. The summed E-state index contributed by atoms with van der Waals surface area (Å²) in [6.07, 6.45) is 6.05. The Morgan fingerprint density at radius 2 is 1.82 bits per heavy atom. The van der Waals surface area contributed by atoms with Gasteiger partial charge >= 0.3 is 0 Å². The van der Waals surface area contributed by atoms with Crippen LogP contribution >= 0.6 is 12.1 Å². The Morgan fingerprint density at radius 1 is 1.15 bits per heavy atom. The van der Waals surface area contributed by atoms with Crippen LogP contribution in [0.2, 0.25) is 0 Å². The second-order valence-corrected chi connectivity index (χ2v) is 9.28. The van der Waals surface area contributed by atoms with E-state index in [9.17, 15) is 0 Å². The minimum absolute atomic E-state index is 0.568. The largest absolute Gasteiger partial charge is 0.497 e. The minimum atomic E-state index is 0.568. The Labute approximate surface area is 205 Å². The van der Waals surface area contributed by atoms with Crippen molar-refractivity contribution in [3.05, 3.63) is 35.5 Å². The Morgan fingerprint density at radius 3 is 2.45 bits per heavy atom. The van der Waals surface area contributed by atoms with Crippen molar-refractivity contribution >= 4 is 12.1 Å². The number of H-pyrrole nitrogens is 1. The molecule has 1 aromatic carbocycles. The molecule has 0 unspecified atom stereocenters. The topological polar surface area (TPSA) is 62.4 Å². The fraction of sp³-hybridized carbons (Fsp3) is 0.654. The number of hydrogen-bond acceptors (Lipinski definition) is 6. The molecule has 33 heavy (non-hydrogen) atoms. The molecule has 0 bridgehead atoms. The van der Waals surface area contributed by atoms with Gasteiger partial charge in [-0.2, -0.15) is 5.10 Å². The van der Waals surface area contributed by atoms with Crippen molar-refractivity contribution in [1.29, 1.82) is 0 Å². The van der Waals surface area contributed by atoms with E-state index in [2.05, 4.69) is 52.1 Å². The van der Waals surface area contributed by atoms with Gasteiger partial charge in [-0.05, 0) is 50.3 Å². The summed E-state index contributed by atoms with van der Waals surface area (Å²) in [5.41, 5.74) is 4.72. The molecule has 2 aromatic rings. The van der Waals surface area contributed by atoms with E-state index >= 15 is 0 Å². The van der Waals surface area contributed by atoms with Gasteiger partial charge in [0.05, 0.1) is 26.0 Å². The number of nitrogens with one attached hydrogen (secondary N) is 2. The molecule has 1 aliphatic carbocycles. The van der Waals surface area contributed by atoms with E-state index in [0.717, 1.165) is 43.3 Å². The Hall–Kier alpha value is -1.54. The SMILES string of the molecule is CC.CCC.COc1cccc(-c2n[nH]c(C3CCC(NSN4CCOCC4)CC3)c2C)c1. The van der Waals surface area contributed by atoms with Crippen LogP contribution in [-0.2, 0) is 4.74 Å². The van der Waals surface area contributed by atoms with Crippen molar-refractivity contribution in [3.8, 4) is 17.0 Å². The Kier molecular flexibility index (Phi) is 12.9. The predicted octanol–water partition coefficient (Wildman–Crippen LogP) is 6.35. The molecule has 4 rings (SSSR count). The van der Waals surface area contributed by atoms with E-state index in [1.807, 2.05) is 26.0 Å². The summed E-state index contributed by atoms with van der Waals surface area (Å²) in [7, 11) is 1.70. The molecule has 1 saturated heterocycles. The number of methoxy groups -OCH3 is 1. The molecule has 2 heterocycles. The highest BCUT2D eigenvalue weighted by atomic mass is 32.2. The van der Waals surface area contributed by atoms with E-state index in [1.54, 1.807) is 19.2 Å². The van der Waals surface area contributed by atoms with Crippen LogP contribution in [0.3, 0.4) is 0 Å². The highest BCUT2D eigenvalue weighted by Gasteiger charge is 2.26. The number of benzene rings is 1. The fourth-order valence-corrected chi connectivity index (χ4v) is 5.01. The lowest BCUT2D eigenvalue weighted by Crippen LogP contribution is -2.37. The summed E-state index contributed by atoms with van der Waals surface area (Å²) in [6.45, 7) is 14.1. The molecule has 0 atom stereocenters. The molecule has 0 spiro atoms. The number of morpholine rings is 1. The molecule has 6 nitrogen and oxygen atoms in total. The molecule has 1 saturated carbocycles. The number of ether oxygens (including phenoxy) is 2. The maximum Gasteiger partial charge on any atom is 0.119 e. The first-order chi connectivity index (χ1) is 16.2. The molecule has 7 heteroatoms. The van der Waals surface area contributed by atoms with Crippen LogP contribution < -0.4 is 9.46 Å². The molecule has 2 N–H and O–H groups in total. The first kappa shape index (κ1) is 27.7. The van der Waals surface area contributed by atoms with Crippen molar-refractivity contribution < 1.29 is 9.47 Å². The van der Waals surface area contributed by atoms with E-state index < -0.39 is 0 Å². The standard InChI is InChI=1S/C21H30N4O2S.C3H8.C2H6/c1-15-20(22-23-21(15)17-4-3-5-19(14-17)26-2)16-6-8-18(9-7-16)24-28-25-10-12-27-13-11-25;1-3-2;1-2/h3-5,14,16,18,24H,6-13H2,1-2H3,(H,22,23);3H2,1-2H3;1-2H3. The smallest absolute Gasteiger partial charge is 0.119 e. The molecule has 1 aromatic heterocycles. The summed E-state index contributed by atoms with van der Waals surface area (Å²) < 4.78 is 16.8. The molecule has 2 fully saturated rings. The van der Waals surface area contributed by atoms with Crippen molar-refractivity contribution in [3.63, 3.8) is 0 Å². The number of hydrogen-bond donors (Lipinski definition) is 2. The summed E-state index contributed by atoms with van der Waals surface area (Å²) in [6, 6.07) is 8.72. The zero-order chi connectivity index (χ0) is 24.1. The Balaban J connectivity index is 0.000000714. The second kappa shape index (κ2) is 15.4. The molecular formula is C26H44N4O2S. The second-order valence-electron chi connectivity index (χ2n) is 8.35. The molecule has 0 amide bonds. The average Bonchev–Trinajstić information content (AvgIpc) is 3.26. The summed E-state index contributed by atoms with van der Waals surface area (Å²) in [5, 5.41) is 7.97. The summed E-state index contributed by atoms with van der Waals surface area (Å²) >= 11 is 1.78. The number of rotatable bonds is 6. The zero-order valence-electron chi connectivity index (χ0n) is 21.4. The maximum absolute atomic E-state index is 5.41. The summed E-state index contributed by atoms with van der Waals surface area (Å²) in [4.78, 5) is 0. The van der Waals surface area contributed by atoms with Crippen molar-refractivity contribution in [1.82, 2.24) is 19.2 Å². The van der Waals surface area contributed by atoms with E-state index in [4.69, 9.17) is 9.47 Å². The van der Waals surface area contributed by atoms with Crippen LogP contribution in [0.5, 0.6) is 5.75 Å². The quantitative estimate of drug-likeness (QED) is 0.474. The van der Waals surface area contributed by atoms with Crippen molar-refractivity contribution in [2.75, 3.05) is 33.4 Å². The van der Waals surface area contributed by atoms with E-state index in [1.165, 1.54) is 43.4 Å². The molecule has 2 aliphatic rings. The van der Waals surface area contributed by atoms with Gasteiger partial charge in [0.1, 0.15) is 5.75 Å². The van der Waals surface area contributed by atoms with Gasteiger partial charge in [-0.3, -0.25) is 5.10 Å². The van der Waals surface area contributed by atoms with Crippen LogP contribution in [0.15, 0.2) is 24.3 Å². The highest BCUT2D eigenvalue weighted by molar-refractivity contribution is 7.95. The van der Waals surface area contributed by atoms with Crippen LogP contribution in [0, 0.1) is 6.92 Å². The molecule has 1 aliphatic heterocycles. The summed E-state index contributed by atoms with van der Waals surface area (Å²) in [5.74, 6) is 1.43. The monoisotopic (exact) mass is 476 g/mol. The minimum Gasteiger partial charge on any atom is -0.497 e. The van der Waals surface area contributed by atoms with E-state index in [0.29, 0.717) is 12.0 Å². The van der Waals surface area contributed by atoms with Crippen molar-refractivity contribution in [2.45, 2.75) is 78.7 Å². The average molecular weight is 477 g/mol. The van der Waals surface area contributed by atoms with Crippen molar-refractivity contribution in [2.24, 2.45) is 0 Å². The first-order valence-electron chi connectivity index (χ1n) is 12.6. The highest BCUT2D eigenvalue weighted by Crippen LogP contribution is 2.37. The van der Waals surface area contributed by atoms with Gasteiger partial charge in [-0.15, -0.1) is 0 Å². The number of nitrogens with zero attached hydrogens (tertiary/aromatic N) is 2. The zero-order valence-corrected chi connectivity index (χ0v) is 22.3. The van der Waals surface area contributed by atoms with Gasteiger partial charge in [-0.1, -0.05) is 46.2 Å². The van der Waals surface area contributed by atoms with Crippen LogP contribution in [0.4, 0.5) is 0 Å². The maximum atomic E-state index is 5.41. The van der Waals surface area contributed by atoms with Crippen LogP contribution in [0.1, 0.15) is 77.0 Å². The van der Waals surface area contributed by atoms with Crippen LogP contribution in [0.25, 0.3) is 11.3 Å². The van der Waals surface area contributed by atoms with Gasteiger partial charge in [0.15, 0.2) is 0 Å². The van der Waals surface area contributed by atoms with E-state index in [-0.39, 0.29) is 0 Å².